The molecular formula is C13H15F2N. The van der Waals surface area contributed by atoms with Crippen LogP contribution >= 0.6 is 0 Å². The molecule has 16 heavy (non-hydrogen) atoms. The lowest BCUT2D eigenvalue weighted by atomic mass is 9.73. The van der Waals surface area contributed by atoms with Crippen LogP contribution in [0.15, 0.2) is 34.7 Å². The SMILES string of the molecule is C=C(C)C1=C(C#N)C(C)=C(F)C(C)(F)C1C. The number of rotatable bonds is 1. The van der Waals surface area contributed by atoms with Crippen LogP contribution in [0.3, 0.4) is 0 Å². The van der Waals surface area contributed by atoms with Crippen LogP contribution < -0.4 is 0 Å². The molecule has 3 heteroatoms. The monoisotopic (exact) mass is 223 g/mol. The molecule has 0 aromatic rings. The maximum atomic E-state index is 14.2. The molecule has 0 aromatic carbocycles. The van der Waals surface area contributed by atoms with Crippen LogP contribution in [-0.2, 0) is 0 Å². The van der Waals surface area contributed by atoms with Crippen molar-refractivity contribution in [3.63, 3.8) is 0 Å². The summed E-state index contributed by atoms with van der Waals surface area (Å²) in [6.07, 6.45) is 0. The minimum Gasteiger partial charge on any atom is -0.236 e. The maximum absolute atomic E-state index is 14.2. The zero-order valence-electron chi connectivity index (χ0n) is 9.99. The second kappa shape index (κ2) is 3.86. The second-order valence-corrected chi connectivity index (χ2v) is 4.42. The molecule has 0 heterocycles. The number of nitrogens with zero attached hydrogens (tertiary/aromatic N) is 1. The molecule has 0 bridgehead atoms. The summed E-state index contributed by atoms with van der Waals surface area (Å²) in [5.74, 6) is -1.54. The van der Waals surface area contributed by atoms with E-state index in [1.165, 1.54) is 13.8 Å². The van der Waals surface area contributed by atoms with Crippen LogP contribution in [0.1, 0.15) is 27.7 Å². The van der Waals surface area contributed by atoms with E-state index in [-0.39, 0.29) is 11.1 Å². The summed E-state index contributed by atoms with van der Waals surface area (Å²) >= 11 is 0. The lowest BCUT2D eigenvalue weighted by molar-refractivity contribution is 0.140. The van der Waals surface area contributed by atoms with Crippen molar-refractivity contribution in [2.75, 3.05) is 0 Å². The predicted octanol–water partition coefficient (Wildman–Crippen LogP) is 4.00. The first-order valence-corrected chi connectivity index (χ1v) is 5.11. The molecule has 0 saturated carbocycles. The highest BCUT2D eigenvalue weighted by Gasteiger charge is 2.44. The van der Waals surface area contributed by atoms with E-state index >= 15 is 0 Å². The molecule has 86 valence electrons. The maximum Gasteiger partial charge on any atom is 0.166 e. The Morgan fingerprint density at radius 3 is 2.44 bits per heavy atom. The van der Waals surface area contributed by atoms with E-state index in [0.29, 0.717) is 11.1 Å². The van der Waals surface area contributed by atoms with Crippen molar-refractivity contribution in [1.82, 2.24) is 0 Å². The Morgan fingerprint density at radius 1 is 1.56 bits per heavy atom. The van der Waals surface area contributed by atoms with Crippen molar-refractivity contribution in [3.05, 3.63) is 34.7 Å². The van der Waals surface area contributed by atoms with Gasteiger partial charge < -0.3 is 0 Å². The molecular weight excluding hydrogens is 208 g/mol. The van der Waals surface area contributed by atoms with Gasteiger partial charge in [-0.25, -0.2) is 8.78 Å². The first kappa shape index (κ1) is 12.6. The molecule has 0 aromatic heterocycles. The summed E-state index contributed by atoms with van der Waals surface area (Å²) in [4.78, 5) is 0. The van der Waals surface area contributed by atoms with E-state index < -0.39 is 17.4 Å². The van der Waals surface area contributed by atoms with E-state index in [1.54, 1.807) is 13.8 Å². The number of hydrogen-bond donors (Lipinski definition) is 0. The molecule has 0 radical (unpaired) electrons. The van der Waals surface area contributed by atoms with Crippen molar-refractivity contribution in [2.45, 2.75) is 33.4 Å². The van der Waals surface area contributed by atoms with Gasteiger partial charge in [0.2, 0.25) is 0 Å². The van der Waals surface area contributed by atoms with Crippen molar-refractivity contribution >= 4 is 0 Å². The third kappa shape index (κ3) is 1.59. The zero-order valence-corrected chi connectivity index (χ0v) is 9.99. The van der Waals surface area contributed by atoms with Gasteiger partial charge in [-0.3, -0.25) is 0 Å². The van der Waals surface area contributed by atoms with E-state index in [4.69, 9.17) is 5.26 Å². The third-order valence-corrected chi connectivity index (χ3v) is 3.22. The lowest BCUT2D eigenvalue weighted by Crippen LogP contribution is -2.34. The van der Waals surface area contributed by atoms with E-state index in [9.17, 15) is 8.78 Å². The Balaban J connectivity index is 3.58. The fourth-order valence-corrected chi connectivity index (χ4v) is 2.08. The van der Waals surface area contributed by atoms with E-state index in [2.05, 4.69) is 6.58 Å². The number of hydrogen-bond acceptors (Lipinski definition) is 1. The second-order valence-electron chi connectivity index (χ2n) is 4.42. The number of allylic oxidation sites excluding steroid dienone is 5. The van der Waals surface area contributed by atoms with Gasteiger partial charge in [0.15, 0.2) is 5.67 Å². The summed E-state index contributed by atoms with van der Waals surface area (Å²) in [5.41, 5.74) is -0.624. The van der Waals surface area contributed by atoms with Gasteiger partial charge in [0.1, 0.15) is 5.83 Å². The van der Waals surface area contributed by atoms with Crippen LogP contribution in [0.25, 0.3) is 0 Å². The standard InChI is InChI=1S/C13H15F2N/c1-7(2)11-9(4)13(5,15)12(14)8(3)10(11)6-16/h9H,1H2,2-5H3. The minimum absolute atomic E-state index is 0.0867. The van der Waals surface area contributed by atoms with Gasteiger partial charge in [-0.15, -0.1) is 0 Å². The summed E-state index contributed by atoms with van der Waals surface area (Å²) in [7, 11) is 0. The summed E-state index contributed by atoms with van der Waals surface area (Å²) in [5, 5.41) is 9.01. The van der Waals surface area contributed by atoms with Crippen molar-refractivity contribution < 1.29 is 8.78 Å². The van der Waals surface area contributed by atoms with E-state index in [0.717, 1.165) is 0 Å². The Morgan fingerprint density at radius 2 is 2.06 bits per heavy atom. The van der Waals surface area contributed by atoms with Gasteiger partial charge >= 0.3 is 0 Å². The molecule has 0 aliphatic heterocycles. The number of halogens is 2. The van der Waals surface area contributed by atoms with Gasteiger partial charge in [0.05, 0.1) is 11.6 Å². The normalized spacial score (nSPS) is 30.4. The largest absolute Gasteiger partial charge is 0.236 e. The summed E-state index contributed by atoms with van der Waals surface area (Å²) in [6, 6.07) is 1.94. The molecule has 0 fully saturated rings. The Kier molecular flexibility index (Phi) is 3.05. The highest BCUT2D eigenvalue weighted by molar-refractivity contribution is 5.57. The van der Waals surface area contributed by atoms with Gasteiger partial charge in [-0.05, 0) is 26.3 Å². The van der Waals surface area contributed by atoms with Crippen LogP contribution in [0.5, 0.6) is 0 Å². The molecule has 1 rings (SSSR count). The first-order valence-electron chi connectivity index (χ1n) is 5.11. The summed E-state index contributed by atoms with van der Waals surface area (Å²) in [6.45, 7) is 9.65. The van der Waals surface area contributed by atoms with Gasteiger partial charge in [0, 0.05) is 11.5 Å². The quantitative estimate of drug-likeness (QED) is 0.659. The molecule has 1 aliphatic carbocycles. The van der Waals surface area contributed by atoms with Gasteiger partial charge in [-0.2, -0.15) is 5.26 Å². The fourth-order valence-electron chi connectivity index (χ4n) is 2.08. The van der Waals surface area contributed by atoms with Crippen molar-refractivity contribution in [2.24, 2.45) is 5.92 Å². The average molecular weight is 223 g/mol. The van der Waals surface area contributed by atoms with Crippen LogP contribution in [0.4, 0.5) is 8.78 Å². The Bertz CT molecular complexity index is 447. The predicted molar refractivity (Wildman–Crippen MR) is 59.9 cm³/mol. The highest BCUT2D eigenvalue weighted by Crippen LogP contribution is 2.46. The Hall–Kier alpha value is -1.43. The van der Waals surface area contributed by atoms with Gasteiger partial charge in [-0.1, -0.05) is 19.1 Å². The highest BCUT2D eigenvalue weighted by atomic mass is 19.2. The third-order valence-electron chi connectivity index (χ3n) is 3.22. The van der Waals surface area contributed by atoms with Crippen LogP contribution in [0, 0.1) is 17.2 Å². The molecule has 0 saturated heterocycles. The minimum atomic E-state index is -2.06. The number of nitriles is 1. The lowest BCUT2D eigenvalue weighted by Gasteiger charge is -2.34. The molecule has 0 amide bonds. The van der Waals surface area contributed by atoms with Crippen LogP contribution in [-0.4, -0.2) is 5.67 Å². The smallest absolute Gasteiger partial charge is 0.166 e. The molecule has 0 N–H and O–H groups in total. The molecule has 0 spiro atoms. The van der Waals surface area contributed by atoms with E-state index in [1.807, 2.05) is 6.07 Å². The molecule has 1 nitrogen and oxygen atoms in total. The topological polar surface area (TPSA) is 23.8 Å². The van der Waals surface area contributed by atoms with Crippen molar-refractivity contribution in [1.29, 1.82) is 5.26 Å². The van der Waals surface area contributed by atoms with Gasteiger partial charge in [0.25, 0.3) is 0 Å². The average Bonchev–Trinajstić information content (AvgIpc) is 2.20. The number of alkyl halides is 1. The zero-order chi connectivity index (χ0) is 12.7. The van der Waals surface area contributed by atoms with Crippen LogP contribution in [0.2, 0.25) is 0 Å². The summed E-state index contributed by atoms with van der Waals surface area (Å²) < 4.78 is 28.0. The molecule has 1 aliphatic rings. The fraction of sp³-hybridized carbons (Fsp3) is 0.462. The molecule has 2 atom stereocenters. The first-order chi connectivity index (χ1) is 7.25. The Labute approximate surface area is 94.8 Å². The van der Waals surface area contributed by atoms with Crippen molar-refractivity contribution in [3.8, 4) is 6.07 Å². The molecule has 2 unspecified atom stereocenters.